The molecule has 29 heavy (non-hydrogen) atoms. The molecule has 0 spiro atoms. The lowest BCUT2D eigenvalue weighted by atomic mass is 9.88. The van der Waals surface area contributed by atoms with Crippen molar-refractivity contribution in [3.8, 4) is 0 Å². The van der Waals surface area contributed by atoms with Gasteiger partial charge in [-0.25, -0.2) is 22.1 Å². The van der Waals surface area contributed by atoms with Gasteiger partial charge in [-0.3, -0.25) is 9.78 Å². The SMILES string of the molecule is CC(=O)N1CC(S(=O)(=O)N2CC[C@@H](C=C(Cl)N=Cc3ccc(F)cn3)[C@@H](C)C2)C1. The van der Waals surface area contributed by atoms with Gasteiger partial charge in [-0.1, -0.05) is 18.5 Å². The van der Waals surface area contributed by atoms with Crippen molar-refractivity contribution in [1.82, 2.24) is 14.2 Å². The van der Waals surface area contributed by atoms with Crippen LogP contribution >= 0.6 is 11.6 Å². The zero-order valence-corrected chi connectivity index (χ0v) is 17.9. The molecule has 2 saturated heterocycles. The Labute approximate surface area is 175 Å². The number of carbonyl (C=O) groups excluding carboxylic acids is 1. The van der Waals surface area contributed by atoms with Crippen LogP contribution in [-0.2, 0) is 14.8 Å². The number of nitrogens with zero attached hydrogens (tertiary/aromatic N) is 4. The molecule has 7 nitrogen and oxygen atoms in total. The number of piperidine rings is 1. The van der Waals surface area contributed by atoms with Crippen LogP contribution in [0.2, 0.25) is 0 Å². The molecule has 2 aliphatic heterocycles. The number of hydrogen-bond donors (Lipinski definition) is 0. The second-order valence-corrected chi connectivity index (χ2v) is 10.1. The summed E-state index contributed by atoms with van der Waals surface area (Å²) in [6.45, 7) is 4.79. The van der Waals surface area contributed by atoms with Gasteiger partial charge in [-0.15, -0.1) is 0 Å². The van der Waals surface area contributed by atoms with Gasteiger partial charge < -0.3 is 4.90 Å². The van der Waals surface area contributed by atoms with Crippen LogP contribution in [0.1, 0.15) is 26.0 Å². The molecule has 0 N–H and O–H groups in total. The van der Waals surface area contributed by atoms with Gasteiger partial charge in [-0.05, 0) is 36.5 Å². The molecule has 2 atom stereocenters. The van der Waals surface area contributed by atoms with Crippen LogP contribution in [-0.4, -0.2) is 66.2 Å². The normalized spacial score (nSPS) is 24.7. The first kappa shape index (κ1) is 21.9. The van der Waals surface area contributed by atoms with Crippen molar-refractivity contribution in [3.05, 3.63) is 41.1 Å². The molecule has 0 bridgehead atoms. The van der Waals surface area contributed by atoms with Crippen LogP contribution in [0.3, 0.4) is 0 Å². The maximum Gasteiger partial charge on any atom is 0.220 e. The van der Waals surface area contributed by atoms with Crippen LogP contribution in [0.5, 0.6) is 0 Å². The van der Waals surface area contributed by atoms with E-state index in [-0.39, 0.29) is 30.8 Å². The van der Waals surface area contributed by atoms with Gasteiger partial charge in [0.25, 0.3) is 0 Å². The second kappa shape index (κ2) is 8.89. The van der Waals surface area contributed by atoms with Crippen molar-refractivity contribution in [1.29, 1.82) is 0 Å². The lowest BCUT2D eigenvalue weighted by Crippen LogP contribution is -2.60. The first-order valence-corrected chi connectivity index (χ1v) is 11.3. The number of aliphatic imine (C=N–C) groups is 1. The summed E-state index contributed by atoms with van der Waals surface area (Å²) in [5, 5.41) is -0.220. The molecule has 1 amide bonds. The number of allylic oxidation sites excluding steroid dienone is 1. The standard InChI is InChI=1S/C19H24ClFN4O3S/c1-13-10-25(29(27,28)18-11-24(12-18)14(2)26)6-5-15(13)7-19(20)23-9-17-4-3-16(21)8-22-17/h3-4,7-9,13,15,18H,5-6,10-12H2,1-2H3/t13-,15-/m0/s1. The van der Waals surface area contributed by atoms with Crippen LogP contribution in [0.4, 0.5) is 4.39 Å². The topological polar surface area (TPSA) is 82.9 Å². The highest BCUT2D eigenvalue weighted by molar-refractivity contribution is 7.89. The number of amides is 1. The van der Waals surface area contributed by atoms with Gasteiger partial charge in [0.05, 0.1) is 18.1 Å². The number of sulfonamides is 1. The molecule has 0 aromatic carbocycles. The second-order valence-electron chi connectivity index (χ2n) is 7.53. The fraction of sp³-hybridized carbons (Fsp3) is 0.526. The third-order valence-corrected chi connectivity index (χ3v) is 7.85. The monoisotopic (exact) mass is 442 g/mol. The third-order valence-electron chi connectivity index (χ3n) is 5.43. The number of rotatable bonds is 5. The predicted molar refractivity (Wildman–Crippen MR) is 110 cm³/mol. The van der Waals surface area contributed by atoms with E-state index < -0.39 is 21.1 Å². The van der Waals surface area contributed by atoms with Crippen molar-refractivity contribution in [2.75, 3.05) is 26.2 Å². The molecule has 1 aromatic heterocycles. The maximum atomic E-state index is 12.9. The zero-order valence-electron chi connectivity index (χ0n) is 16.3. The Balaban J connectivity index is 1.57. The predicted octanol–water partition coefficient (Wildman–Crippen LogP) is 2.24. The van der Waals surface area contributed by atoms with Crippen LogP contribution in [0.25, 0.3) is 0 Å². The minimum atomic E-state index is -3.41. The van der Waals surface area contributed by atoms with Crippen LogP contribution < -0.4 is 0 Å². The Kier molecular flexibility index (Phi) is 6.70. The van der Waals surface area contributed by atoms with E-state index in [4.69, 9.17) is 11.6 Å². The van der Waals surface area contributed by atoms with E-state index in [9.17, 15) is 17.6 Å². The van der Waals surface area contributed by atoms with E-state index in [0.717, 1.165) is 6.20 Å². The number of carbonyl (C=O) groups is 1. The fourth-order valence-electron chi connectivity index (χ4n) is 3.51. The summed E-state index contributed by atoms with van der Waals surface area (Å²) in [6.07, 6.45) is 5.04. The van der Waals surface area contributed by atoms with Gasteiger partial charge in [-0.2, -0.15) is 0 Å². The number of halogens is 2. The van der Waals surface area contributed by atoms with Crippen molar-refractivity contribution in [3.63, 3.8) is 0 Å². The van der Waals surface area contributed by atoms with E-state index in [2.05, 4.69) is 9.98 Å². The van der Waals surface area contributed by atoms with E-state index in [1.807, 2.05) is 13.0 Å². The van der Waals surface area contributed by atoms with Gasteiger partial charge in [0.2, 0.25) is 15.9 Å². The molecule has 0 aliphatic carbocycles. The highest BCUT2D eigenvalue weighted by Gasteiger charge is 2.43. The molecule has 2 aliphatic rings. The highest BCUT2D eigenvalue weighted by Crippen LogP contribution is 2.30. The number of aromatic nitrogens is 1. The highest BCUT2D eigenvalue weighted by atomic mass is 35.5. The summed E-state index contributed by atoms with van der Waals surface area (Å²) in [4.78, 5) is 20.9. The van der Waals surface area contributed by atoms with E-state index >= 15 is 0 Å². The lowest BCUT2D eigenvalue weighted by Gasteiger charge is -2.43. The molecule has 0 unspecified atom stereocenters. The van der Waals surface area contributed by atoms with Crippen molar-refractivity contribution >= 4 is 33.7 Å². The molecule has 10 heteroatoms. The minimum Gasteiger partial charge on any atom is -0.340 e. The lowest BCUT2D eigenvalue weighted by molar-refractivity contribution is -0.131. The van der Waals surface area contributed by atoms with Gasteiger partial charge >= 0.3 is 0 Å². The molecular weight excluding hydrogens is 419 g/mol. The molecule has 0 saturated carbocycles. The average Bonchev–Trinajstić information content (AvgIpc) is 2.61. The first-order chi connectivity index (χ1) is 13.7. The molecular formula is C19H24ClFN4O3S. The minimum absolute atomic E-state index is 0.0791. The molecule has 158 valence electrons. The fourth-order valence-corrected chi connectivity index (χ4v) is 5.68. The summed E-state index contributed by atoms with van der Waals surface area (Å²) in [5.41, 5.74) is 0.493. The Morgan fingerprint density at radius 2 is 2.07 bits per heavy atom. The summed E-state index contributed by atoms with van der Waals surface area (Å²) >= 11 is 6.21. The summed E-state index contributed by atoms with van der Waals surface area (Å²) in [5.74, 6) is -0.340. The first-order valence-electron chi connectivity index (χ1n) is 9.44. The van der Waals surface area contributed by atoms with Crippen molar-refractivity contribution in [2.45, 2.75) is 25.5 Å². The molecule has 0 radical (unpaired) electrons. The molecule has 2 fully saturated rings. The van der Waals surface area contributed by atoms with Gasteiger partial charge in [0.15, 0.2) is 0 Å². The Morgan fingerprint density at radius 1 is 1.34 bits per heavy atom. The van der Waals surface area contributed by atoms with Crippen LogP contribution in [0.15, 0.2) is 34.6 Å². The summed E-state index contributed by atoms with van der Waals surface area (Å²) in [6, 6.07) is 2.80. The largest absolute Gasteiger partial charge is 0.340 e. The Bertz CT molecular complexity index is 914. The third kappa shape index (κ3) is 5.21. The number of likely N-dealkylation sites (tertiary alicyclic amines) is 1. The van der Waals surface area contributed by atoms with E-state index in [1.165, 1.54) is 34.5 Å². The van der Waals surface area contributed by atoms with E-state index in [0.29, 0.717) is 30.4 Å². The van der Waals surface area contributed by atoms with E-state index in [1.54, 1.807) is 0 Å². The average molecular weight is 443 g/mol. The quantitative estimate of drug-likeness (QED) is 0.517. The molecule has 3 heterocycles. The Morgan fingerprint density at radius 3 is 2.66 bits per heavy atom. The summed E-state index contributed by atoms with van der Waals surface area (Å²) in [7, 11) is -3.41. The smallest absolute Gasteiger partial charge is 0.220 e. The zero-order chi connectivity index (χ0) is 21.2. The van der Waals surface area contributed by atoms with Gasteiger partial charge in [0.1, 0.15) is 16.2 Å². The van der Waals surface area contributed by atoms with Crippen LogP contribution in [0, 0.1) is 17.7 Å². The molecule has 1 aromatic rings. The summed E-state index contributed by atoms with van der Waals surface area (Å²) < 4.78 is 40.0. The van der Waals surface area contributed by atoms with Crippen molar-refractivity contribution < 1.29 is 17.6 Å². The molecule has 3 rings (SSSR count). The number of pyridine rings is 1. The maximum absolute atomic E-state index is 12.9. The Hall–Kier alpha value is -1.84. The number of hydrogen-bond acceptors (Lipinski definition) is 5. The van der Waals surface area contributed by atoms with Crippen molar-refractivity contribution in [2.24, 2.45) is 16.8 Å². The van der Waals surface area contributed by atoms with Gasteiger partial charge in [0, 0.05) is 33.1 Å².